The van der Waals surface area contributed by atoms with Gasteiger partial charge in [0.25, 0.3) is 0 Å². The summed E-state index contributed by atoms with van der Waals surface area (Å²) in [6.07, 6.45) is 3.12. The number of ether oxygens (including phenoxy) is 2. The lowest BCUT2D eigenvalue weighted by molar-refractivity contribution is -0.126. The molecular weight excluding hydrogens is 534 g/mol. The van der Waals surface area contributed by atoms with Gasteiger partial charge in [0.15, 0.2) is 0 Å². The van der Waals surface area contributed by atoms with Gasteiger partial charge in [-0.2, -0.15) is 0 Å². The van der Waals surface area contributed by atoms with E-state index < -0.39 is 24.0 Å². The number of urea groups is 1. The Kier molecular flexibility index (Phi) is 8.72. The molecule has 0 radical (unpaired) electrons. The number of aromatic nitrogens is 1. The molecule has 0 unspecified atom stereocenters. The summed E-state index contributed by atoms with van der Waals surface area (Å²) in [6, 6.07) is 16.2. The minimum Gasteiger partial charge on any atom is -0.444 e. The average molecular weight is 576 g/mol. The van der Waals surface area contributed by atoms with Crippen molar-refractivity contribution in [1.82, 2.24) is 25.4 Å². The Balaban J connectivity index is 1.33. The smallest absolute Gasteiger partial charge is 0.408 e. The van der Waals surface area contributed by atoms with Gasteiger partial charge in [-0.15, -0.1) is 0 Å². The third-order valence-corrected chi connectivity index (χ3v) is 7.96. The van der Waals surface area contributed by atoms with Gasteiger partial charge in [0.2, 0.25) is 5.91 Å². The molecule has 0 aliphatic carbocycles. The van der Waals surface area contributed by atoms with Gasteiger partial charge in [-0.3, -0.25) is 9.69 Å². The Labute approximate surface area is 246 Å². The number of carbonyl (C=O) groups excluding carboxylic acids is 3. The number of benzene rings is 2. The quantitative estimate of drug-likeness (QED) is 0.365. The zero-order valence-electron chi connectivity index (χ0n) is 24.8. The number of hydrogen-bond acceptors (Lipinski definition) is 5. The summed E-state index contributed by atoms with van der Waals surface area (Å²) < 4.78 is 11.3. The van der Waals surface area contributed by atoms with Gasteiger partial charge in [0.1, 0.15) is 17.9 Å². The van der Waals surface area contributed by atoms with Gasteiger partial charge >= 0.3 is 12.1 Å². The van der Waals surface area contributed by atoms with Crippen molar-refractivity contribution >= 4 is 28.9 Å². The van der Waals surface area contributed by atoms with Crippen molar-refractivity contribution in [2.24, 2.45) is 0 Å². The van der Waals surface area contributed by atoms with Crippen LogP contribution < -0.4 is 10.6 Å². The van der Waals surface area contributed by atoms with Gasteiger partial charge in [0, 0.05) is 56.2 Å². The molecule has 10 heteroatoms. The van der Waals surface area contributed by atoms with E-state index in [2.05, 4.69) is 15.6 Å². The Morgan fingerprint density at radius 3 is 2.57 bits per heavy atom. The molecule has 2 aliphatic rings. The van der Waals surface area contributed by atoms with Crippen LogP contribution in [0.1, 0.15) is 51.2 Å². The van der Waals surface area contributed by atoms with E-state index in [9.17, 15) is 14.4 Å². The molecule has 2 aliphatic heterocycles. The van der Waals surface area contributed by atoms with Crippen LogP contribution in [0.4, 0.5) is 9.59 Å². The maximum absolute atomic E-state index is 13.9. The summed E-state index contributed by atoms with van der Waals surface area (Å²) in [5.41, 5.74) is 2.19. The van der Waals surface area contributed by atoms with E-state index in [0.717, 1.165) is 34.9 Å². The number of rotatable bonds is 8. The highest BCUT2D eigenvalue weighted by atomic mass is 16.6. The lowest BCUT2D eigenvalue weighted by Crippen LogP contribution is -2.67. The monoisotopic (exact) mass is 575 g/mol. The average Bonchev–Trinajstić information content (AvgIpc) is 3.36. The van der Waals surface area contributed by atoms with Crippen LogP contribution in [0.3, 0.4) is 0 Å². The molecule has 2 aromatic carbocycles. The molecule has 4 amide bonds. The fourth-order valence-corrected chi connectivity index (χ4v) is 6.01. The molecule has 42 heavy (non-hydrogen) atoms. The minimum absolute atomic E-state index is 0.0943. The van der Waals surface area contributed by atoms with Gasteiger partial charge in [-0.25, -0.2) is 9.59 Å². The second-order valence-electron chi connectivity index (χ2n) is 12.1. The number of amides is 4. The Morgan fingerprint density at radius 1 is 1.10 bits per heavy atom. The van der Waals surface area contributed by atoms with Crippen LogP contribution in [0.15, 0.2) is 60.8 Å². The van der Waals surface area contributed by atoms with E-state index in [1.54, 1.807) is 32.8 Å². The van der Waals surface area contributed by atoms with E-state index in [-0.39, 0.29) is 30.4 Å². The highest BCUT2D eigenvalue weighted by Gasteiger charge is 2.45. The number of methoxy groups -OCH3 is 1. The molecule has 2 fully saturated rings. The van der Waals surface area contributed by atoms with Crippen LogP contribution >= 0.6 is 0 Å². The van der Waals surface area contributed by atoms with E-state index >= 15 is 0 Å². The number of alkyl carbamates (subject to hydrolysis) is 1. The van der Waals surface area contributed by atoms with E-state index in [1.807, 2.05) is 65.7 Å². The summed E-state index contributed by atoms with van der Waals surface area (Å²) in [5.74, 6) is -0.314. The van der Waals surface area contributed by atoms with Crippen molar-refractivity contribution in [3.8, 4) is 0 Å². The Bertz CT molecular complexity index is 1400. The molecule has 3 N–H and O–H groups in total. The predicted molar refractivity (Wildman–Crippen MR) is 160 cm³/mol. The Hall–Kier alpha value is -4.05. The first kappa shape index (κ1) is 29.4. The van der Waals surface area contributed by atoms with Crippen molar-refractivity contribution < 1.29 is 23.9 Å². The standard InChI is InChI=1S/C32H41N5O5/c1-32(2,3)42-30(39)35-26(17-22-19-33-24-14-9-8-13-23(22)24)29(38)34-25-15-10-16-36-27(25)18-28(41-4)37(31(36)40)20-21-11-6-5-7-12-21/h5-9,11-14,19,25-28,33H,10,15-18,20H2,1-4H3,(H,34,38)(H,35,39)/t25-,26+,27+,28-/m1/s1. The molecule has 3 aromatic rings. The van der Waals surface area contributed by atoms with Crippen LogP contribution in [0, 0.1) is 0 Å². The first-order valence-electron chi connectivity index (χ1n) is 14.6. The minimum atomic E-state index is -0.874. The van der Waals surface area contributed by atoms with Gasteiger partial charge < -0.3 is 30.0 Å². The molecular formula is C32H41N5O5. The van der Waals surface area contributed by atoms with Crippen molar-refractivity contribution in [3.05, 3.63) is 71.9 Å². The van der Waals surface area contributed by atoms with Crippen molar-refractivity contribution in [3.63, 3.8) is 0 Å². The maximum atomic E-state index is 13.9. The summed E-state index contributed by atoms with van der Waals surface area (Å²) in [4.78, 5) is 47.2. The fourth-order valence-electron chi connectivity index (χ4n) is 6.01. The largest absolute Gasteiger partial charge is 0.444 e. The van der Waals surface area contributed by atoms with Crippen LogP contribution in [0.25, 0.3) is 10.9 Å². The maximum Gasteiger partial charge on any atom is 0.408 e. The lowest BCUT2D eigenvalue weighted by Gasteiger charge is -2.50. The zero-order valence-corrected chi connectivity index (χ0v) is 24.8. The molecule has 5 rings (SSSR count). The predicted octanol–water partition coefficient (Wildman–Crippen LogP) is 4.55. The SMILES string of the molecule is CO[C@@H]1C[C@H]2[C@H](NC(=O)[C@H](Cc3c[nH]c4ccccc34)NC(=O)OC(C)(C)C)CCCN2C(=O)N1Cc1ccccc1. The molecule has 10 nitrogen and oxygen atoms in total. The van der Waals surface area contributed by atoms with Crippen molar-refractivity contribution in [1.29, 1.82) is 0 Å². The topological polar surface area (TPSA) is 116 Å². The molecule has 0 spiro atoms. The van der Waals surface area contributed by atoms with Crippen molar-refractivity contribution in [2.45, 2.75) is 83.0 Å². The number of fused-ring (bicyclic) bond motifs is 2. The highest BCUT2D eigenvalue weighted by molar-refractivity contribution is 5.88. The van der Waals surface area contributed by atoms with E-state index in [4.69, 9.17) is 9.47 Å². The molecule has 0 bridgehead atoms. The second kappa shape index (κ2) is 12.4. The normalized spacial score (nSPS) is 21.5. The summed E-state index contributed by atoms with van der Waals surface area (Å²) in [5, 5.41) is 6.98. The number of H-pyrrole nitrogens is 1. The van der Waals surface area contributed by atoms with Gasteiger partial charge in [-0.1, -0.05) is 48.5 Å². The van der Waals surface area contributed by atoms with Gasteiger partial charge in [-0.05, 0) is 50.8 Å². The number of nitrogens with zero attached hydrogens (tertiary/aromatic N) is 2. The zero-order chi connectivity index (χ0) is 29.9. The second-order valence-corrected chi connectivity index (χ2v) is 12.1. The fraction of sp³-hybridized carbons (Fsp3) is 0.469. The summed E-state index contributed by atoms with van der Waals surface area (Å²) in [6.45, 7) is 6.42. The van der Waals surface area contributed by atoms with Crippen LogP contribution in [-0.4, -0.2) is 76.4 Å². The third kappa shape index (κ3) is 6.70. The first-order chi connectivity index (χ1) is 20.1. The van der Waals surface area contributed by atoms with Gasteiger partial charge in [0.05, 0.1) is 6.04 Å². The van der Waals surface area contributed by atoms with Crippen LogP contribution in [0.5, 0.6) is 0 Å². The van der Waals surface area contributed by atoms with Crippen molar-refractivity contribution in [2.75, 3.05) is 13.7 Å². The molecule has 1 aromatic heterocycles. The van der Waals surface area contributed by atoms with E-state index in [0.29, 0.717) is 19.5 Å². The highest BCUT2D eigenvalue weighted by Crippen LogP contribution is 2.31. The molecule has 4 atom stereocenters. The molecule has 224 valence electrons. The first-order valence-corrected chi connectivity index (χ1v) is 14.6. The Morgan fingerprint density at radius 2 is 1.83 bits per heavy atom. The summed E-state index contributed by atoms with van der Waals surface area (Å²) >= 11 is 0. The summed E-state index contributed by atoms with van der Waals surface area (Å²) in [7, 11) is 1.62. The van der Waals surface area contributed by atoms with Crippen LogP contribution in [-0.2, 0) is 27.2 Å². The number of aromatic amines is 1. The molecule has 3 heterocycles. The van der Waals surface area contributed by atoms with Crippen LogP contribution in [0.2, 0.25) is 0 Å². The van der Waals surface area contributed by atoms with E-state index in [1.165, 1.54) is 0 Å². The number of carbonyl (C=O) groups is 3. The number of piperidine rings is 1. The number of hydrogen-bond donors (Lipinski definition) is 3. The lowest BCUT2D eigenvalue weighted by atomic mass is 9.90. The number of para-hydroxylation sites is 1. The third-order valence-electron chi connectivity index (χ3n) is 7.96. The molecule has 2 saturated heterocycles. The molecule has 0 saturated carbocycles. The number of nitrogens with one attached hydrogen (secondary N) is 3.